The summed E-state index contributed by atoms with van der Waals surface area (Å²) in [5.74, 6) is -0.427. The van der Waals surface area contributed by atoms with Crippen LogP contribution >= 0.6 is 10.7 Å². The Morgan fingerprint density at radius 2 is 1.95 bits per heavy atom. The second-order valence-electron chi connectivity index (χ2n) is 5.00. The number of aryl methyl sites for hydroxylation is 1. The molecule has 8 heteroatoms. The van der Waals surface area contributed by atoms with Crippen molar-refractivity contribution < 1.29 is 13.2 Å². The zero-order chi connectivity index (χ0) is 16.0. The number of H-pyrrole nitrogens is 1. The summed E-state index contributed by atoms with van der Waals surface area (Å²) in [5, 5.41) is 6.49. The van der Waals surface area contributed by atoms with E-state index in [0.29, 0.717) is 18.7 Å². The first-order valence-electron chi connectivity index (χ1n) is 7.10. The molecule has 0 aromatic carbocycles. The Kier molecular flexibility index (Phi) is 6.67. The molecule has 0 saturated carbocycles. The highest BCUT2D eigenvalue weighted by atomic mass is 35.7. The first-order chi connectivity index (χ1) is 9.82. The molecule has 21 heavy (non-hydrogen) atoms. The fraction of sp³-hybridized carbons (Fsp3) is 0.692. The smallest absolute Gasteiger partial charge is 0.275 e. The van der Waals surface area contributed by atoms with Crippen LogP contribution in [0.2, 0.25) is 0 Å². The van der Waals surface area contributed by atoms with Gasteiger partial charge in [-0.25, -0.2) is 8.42 Å². The summed E-state index contributed by atoms with van der Waals surface area (Å²) in [7, 11) is 3.08. The predicted octanol–water partition coefficient (Wildman–Crippen LogP) is 2.55. The second kappa shape index (κ2) is 7.79. The Bertz CT molecular complexity index is 583. The number of carbonyl (C=O) groups is 1. The Labute approximate surface area is 130 Å². The maximum Gasteiger partial charge on any atom is 0.275 e. The molecule has 0 spiro atoms. The summed E-state index contributed by atoms with van der Waals surface area (Å²) in [4.78, 5) is 13.6. The fourth-order valence-corrected chi connectivity index (χ4v) is 3.38. The minimum absolute atomic E-state index is 0.118. The van der Waals surface area contributed by atoms with E-state index in [1.54, 1.807) is 7.05 Å². The second-order valence-corrected chi connectivity index (χ2v) is 7.50. The molecule has 120 valence electrons. The van der Waals surface area contributed by atoms with Crippen LogP contribution in [0.4, 0.5) is 0 Å². The van der Waals surface area contributed by atoms with Gasteiger partial charge in [0.15, 0.2) is 5.69 Å². The van der Waals surface area contributed by atoms with Gasteiger partial charge in [-0.05, 0) is 12.8 Å². The van der Waals surface area contributed by atoms with E-state index in [0.717, 1.165) is 25.7 Å². The third-order valence-electron chi connectivity index (χ3n) is 3.18. The molecule has 0 bridgehead atoms. The van der Waals surface area contributed by atoms with Gasteiger partial charge in [-0.3, -0.25) is 9.89 Å². The number of aromatic amines is 1. The molecule has 0 aliphatic rings. The third kappa shape index (κ3) is 4.71. The van der Waals surface area contributed by atoms with E-state index in [-0.39, 0.29) is 10.6 Å². The van der Waals surface area contributed by atoms with E-state index < -0.39 is 15.0 Å². The Morgan fingerprint density at radius 3 is 2.48 bits per heavy atom. The van der Waals surface area contributed by atoms with Gasteiger partial charge in [0.2, 0.25) is 0 Å². The van der Waals surface area contributed by atoms with Gasteiger partial charge < -0.3 is 4.90 Å². The maximum absolute atomic E-state index is 12.3. The number of carbonyl (C=O) groups excluding carboxylic acids is 1. The van der Waals surface area contributed by atoms with Gasteiger partial charge in [0.25, 0.3) is 15.0 Å². The van der Waals surface area contributed by atoms with E-state index in [1.807, 2.05) is 6.92 Å². The number of unbranched alkanes of at least 4 members (excludes halogenated alkanes) is 2. The lowest BCUT2D eigenvalue weighted by molar-refractivity contribution is 0.0783. The number of hydrogen-bond acceptors (Lipinski definition) is 4. The number of hydrogen-bond donors (Lipinski definition) is 1. The molecular formula is C13H22ClN3O3S. The Balaban J connectivity index is 3.04. The number of nitrogens with zero attached hydrogens (tertiary/aromatic N) is 2. The minimum Gasteiger partial charge on any atom is -0.340 e. The lowest BCUT2D eigenvalue weighted by atomic mass is 10.2. The summed E-state index contributed by atoms with van der Waals surface area (Å²) in [6, 6.07) is 0. The first kappa shape index (κ1) is 18.0. The number of rotatable bonds is 8. The predicted molar refractivity (Wildman–Crippen MR) is 82.1 cm³/mol. The van der Waals surface area contributed by atoms with Crippen LogP contribution in [-0.4, -0.2) is 43.0 Å². The summed E-state index contributed by atoms with van der Waals surface area (Å²) in [6.45, 7) is 4.54. The molecule has 0 atom stereocenters. The van der Waals surface area contributed by atoms with Crippen LogP contribution in [0.25, 0.3) is 0 Å². The van der Waals surface area contributed by atoms with Crippen LogP contribution in [0.1, 0.15) is 55.7 Å². The van der Waals surface area contributed by atoms with Crippen LogP contribution in [0.3, 0.4) is 0 Å². The van der Waals surface area contributed by atoms with Gasteiger partial charge in [0, 0.05) is 24.3 Å². The van der Waals surface area contributed by atoms with E-state index in [4.69, 9.17) is 10.7 Å². The molecule has 1 aromatic heterocycles. The van der Waals surface area contributed by atoms with Crippen molar-refractivity contribution in [1.29, 1.82) is 0 Å². The highest BCUT2D eigenvalue weighted by Gasteiger charge is 2.29. The summed E-state index contributed by atoms with van der Waals surface area (Å²) < 4.78 is 23.5. The van der Waals surface area contributed by atoms with Gasteiger partial charge >= 0.3 is 0 Å². The zero-order valence-electron chi connectivity index (χ0n) is 12.6. The van der Waals surface area contributed by atoms with Crippen molar-refractivity contribution in [2.24, 2.45) is 0 Å². The quantitative estimate of drug-likeness (QED) is 0.584. The summed E-state index contributed by atoms with van der Waals surface area (Å²) in [5.41, 5.74) is 0.269. The number of nitrogens with one attached hydrogen (secondary N) is 1. The highest BCUT2D eigenvalue weighted by Crippen LogP contribution is 2.24. The highest BCUT2D eigenvalue weighted by molar-refractivity contribution is 8.13. The van der Waals surface area contributed by atoms with Crippen molar-refractivity contribution in [1.82, 2.24) is 15.1 Å². The molecule has 0 saturated heterocycles. The maximum atomic E-state index is 12.3. The third-order valence-corrected chi connectivity index (χ3v) is 4.57. The molecule has 1 heterocycles. The van der Waals surface area contributed by atoms with Crippen molar-refractivity contribution in [3.63, 3.8) is 0 Å². The van der Waals surface area contributed by atoms with Gasteiger partial charge in [0.05, 0.1) is 5.69 Å². The van der Waals surface area contributed by atoms with Crippen molar-refractivity contribution in [3.05, 3.63) is 11.4 Å². The van der Waals surface area contributed by atoms with Crippen molar-refractivity contribution >= 4 is 25.6 Å². The average Bonchev–Trinajstić information content (AvgIpc) is 2.82. The SMILES string of the molecule is CCCCCN(C)C(=O)c1n[nH]c(CCC)c1S(=O)(=O)Cl. The molecule has 0 aliphatic carbocycles. The molecule has 1 aromatic rings. The normalized spacial score (nSPS) is 11.6. The topological polar surface area (TPSA) is 83.1 Å². The molecule has 6 nitrogen and oxygen atoms in total. The van der Waals surface area contributed by atoms with Gasteiger partial charge in [-0.1, -0.05) is 33.1 Å². The van der Waals surface area contributed by atoms with Crippen LogP contribution in [0, 0.1) is 0 Å². The summed E-state index contributed by atoms with van der Waals surface area (Å²) in [6.07, 6.45) is 4.13. The molecular weight excluding hydrogens is 314 g/mol. The lowest BCUT2D eigenvalue weighted by Crippen LogP contribution is -2.29. The number of halogens is 1. The monoisotopic (exact) mass is 335 g/mol. The van der Waals surface area contributed by atoms with Gasteiger partial charge in [0.1, 0.15) is 4.90 Å². The van der Waals surface area contributed by atoms with Crippen LogP contribution in [-0.2, 0) is 15.5 Å². The number of amides is 1. The molecule has 1 amide bonds. The largest absolute Gasteiger partial charge is 0.340 e. The molecule has 1 N–H and O–H groups in total. The molecule has 1 rings (SSSR count). The Morgan fingerprint density at radius 1 is 1.29 bits per heavy atom. The standard InChI is InChI=1S/C13H22ClN3O3S/c1-4-6-7-9-17(3)13(18)11-12(21(14,19)20)10(8-5-2)15-16-11/h4-9H2,1-3H3,(H,15,16). The molecule has 0 aliphatic heterocycles. The van der Waals surface area contributed by atoms with Crippen LogP contribution < -0.4 is 0 Å². The van der Waals surface area contributed by atoms with Crippen molar-refractivity contribution in [3.8, 4) is 0 Å². The van der Waals surface area contributed by atoms with Crippen LogP contribution in [0.15, 0.2) is 4.90 Å². The van der Waals surface area contributed by atoms with E-state index in [9.17, 15) is 13.2 Å². The summed E-state index contributed by atoms with van der Waals surface area (Å²) >= 11 is 0. The van der Waals surface area contributed by atoms with E-state index in [1.165, 1.54) is 4.90 Å². The van der Waals surface area contributed by atoms with Gasteiger partial charge in [-0.15, -0.1) is 0 Å². The van der Waals surface area contributed by atoms with Crippen molar-refractivity contribution in [2.45, 2.75) is 50.8 Å². The average molecular weight is 336 g/mol. The molecule has 0 fully saturated rings. The van der Waals surface area contributed by atoms with Crippen LogP contribution in [0.5, 0.6) is 0 Å². The zero-order valence-corrected chi connectivity index (χ0v) is 14.2. The van der Waals surface area contributed by atoms with E-state index >= 15 is 0 Å². The van der Waals surface area contributed by atoms with Crippen molar-refractivity contribution in [2.75, 3.05) is 13.6 Å². The first-order valence-corrected chi connectivity index (χ1v) is 9.41. The lowest BCUT2D eigenvalue weighted by Gasteiger charge is -2.16. The fourth-order valence-electron chi connectivity index (χ4n) is 2.08. The minimum atomic E-state index is -4.02. The van der Waals surface area contributed by atoms with E-state index in [2.05, 4.69) is 17.1 Å². The number of aromatic nitrogens is 2. The Hall–Kier alpha value is -1.08. The molecule has 0 unspecified atom stereocenters. The molecule has 0 radical (unpaired) electrons. The van der Waals surface area contributed by atoms with Gasteiger partial charge in [-0.2, -0.15) is 5.10 Å².